The molecule has 0 aliphatic carbocycles. The average Bonchev–Trinajstić information content (AvgIpc) is 2.39. The lowest BCUT2D eigenvalue weighted by molar-refractivity contribution is 1.16. The van der Waals surface area contributed by atoms with Gasteiger partial charge in [0.1, 0.15) is 5.82 Å². The van der Waals surface area contributed by atoms with E-state index in [1.165, 1.54) is 0 Å². The normalized spacial score (nSPS) is 10.4. The van der Waals surface area contributed by atoms with Crippen molar-refractivity contribution in [3.8, 4) is 0 Å². The molecule has 2 N–H and O–H groups in total. The standard InChI is InChI=1S/C14H14Cl3N3/c1-3-18-13-11(16)7-12(17)14(20-13)19-9-5-4-8(2)10(15)6-9/h4-7H,3H2,1-2H3,(H2,18,19,20). The maximum absolute atomic E-state index is 6.15. The summed E-state index contributed by atoms with van der Waals surface area (Å²) in [4.78, 5) is 4.38. The Morgan fingerprint density at radius 2 is 1.70 bits per heavy atom. The molecule has 0 atom stereocenters. The third-order valence-electron chi connectivity index (χ3n) is 2.71. The first-order valence-corrected chi connectivity index (χ1v) is 7.27. The van der Waals surface area contributed by atoms with Gasteiger partial charge < -0.3 is 10.6 Å². The van der Waals surface area contributed by atoms with Gasteiger partial charge in [-0.3, -0.25) is 0 Å². The fourth-order valence-electron chi connectivity index (χ4n) is 1.65. The molecular weight excluding hydrogens is 317 g/mol. The number of nitrogens with one attached hydrogen (secondary N) is 2. The third kappa shape index (κ3) is 3.48. The summed E-state index contributed by atoms with van der Waals surface area (Å²) in [6.45, 7) is 4.65. The van der Waals surface area contributed by atoms with Crippen LogP contribution in [0.1, 0.15) is 12.5 Å². The van der Waals surface area contributed by atoms with Gasteiger partial charge >= 0.3 is 0 Å². The first kappa shape index (κ1) is 15.2. The summed E-state index contributed by atoms with van der Waals surface area (Å²) in [5, 5.41) is 7.85. The predicted molar refractivity (Wildman–Crippen MR) is 87.9 cm³/mol. The van der Waals surface area contributed by atoms with Crippen LogP contribution in [0.5, 0.6) is 0 Å². The first-order valence-electron chi connectivity index (χ1n) is 6.14. The van der Waals surface area contributed by atoms with Gasteiger partial charge in [0, 0.05) is 17.3 Å². The van der Waals surface area contributed by atoms with E-state index in [0.717, 1.165) is 17.8 Å². The first-order chi connectivity index (χ1) is 9.51. The molecule has 0 saturated carbocycles. The molecule has 1 aromatic heterocycles. The van der Waals surface area contributed by atoms with E-state index in [-0.39, 0.29) is 0 Å². The average molecular weight is 331 g/mol. The minimum atomic E-state index is 0.452. The number of nitrogens with zero attached hydrogens (tertiary/aromatic N) is 1. The number of anilines is 3. The van der Waals surface area contributed by atoms with Crippen molar-refractivity contribution in [2.45, 2.75) is 13.8 Å². The quantitative estimate of drug-likeness (QED) is 0.774. The van der Waals surface area contributed by atoms with Gasteiger partial charge in [0.05, 0.1) is 10.0 Å². The van der Waals surface area contributed by atoms with E-state index in [4.69, 9.17) is 34.8 Å². The van der Waals surface area contributed by atoms with Crippen LogP contribution < -0.4 is 10.6 Å². The van der Waals surface area contributed by atoms with Crippen molar-refractivity contribution in [3.05, 3.63) is 44.9 Å². The number of hydrogen-bond donors (Lipinski definition) is 2. The Balaban J connectivity index is 2.32. The van der Waals surface area contributed by atoms with Crippen molar-refractivity contribution in [1.82, 2.24) is 4.98 Å². The lowest BCUT2D eigenvalue weighted by Crippen LogP contribution is -2.03. The lowest BCUT2D eigenvalue weighted by atomic mass is 10.2. The molecule has 0 fully saturated rings. The highest BCUT2D eigenvalue weighted by molar-refractivity contribution is 6.37. The molecule has 2 rings (SSSR count). The Morgan fingerprint density at radius 1 is 1.00 bits per heavy atom. The highest BCUT2D eigenvalue weighted by Crippen LogP contribution is 2.31. The monoisotopic (exact) mass is 329 g/mol. The SMILES string of the molecule is CCNc1nc(Nc2ccc(C)c(Cl)c2)c(Cl)cc1Cl. The van der Waals surface area contributed by atoms with Gasteiger partial charge in [0.2, 0.25) is 0 Å². The number of hydrogen-bond acceptors (Lipinski definition) is 3. The Morgan fingerprint density at radius 3 is 2.35 bits per heavy atom. The molecule has 0 bridgehead atoms. The van der Waals surface area contributed by atoms with Gasteiger partial charge in [-0.2, -0.15) is 0 Å². The van der Waals surface area contributed by atoms with E-state index in [9.17, 15) is 0 Å². The van der Waals surface area contributed by atoms with Gasteiger partial charge in [0.25, 0.3) is 0 Å². The number of rotatable bonds is 4. The zero-order valence-electron chi connectivity index (χ0n) is 11.1. The Hall–Kier alpha value is -1.16. The van der Waals surface area contributed by atoms with E-state index in [0.29, 0.717) is 26.7 Å². The molecule has 0 aliphatic heterocycles. The maximum atomic E-state index is 6.15. The van der Waals surface area contributed by atoms with Crippen molar-refractivity contribution in [3.63, 3.8) is 0 Å². The fourth-order valence-corrected chi connectivity index (χ4v) is 2.31. The van der Waals surface area contributed by atoms with Crippen molar-refractivity contribution >= 4 is 52.1 Å². The molecule has 0 saturated heterocycles. The van der Waals surface area contributed by atoms with Gasteiger partial charge in [-0.1, -0.05) is 40.9 Å². The van der Waals surface area contributed by atoms with Crippen molar-refractivity contribution in [2.75, 3.05) is 17.2 Å². The van der Waals surface area contributed by atoms with E-state index in [2.05, 4.69) is 15.6 Å². The molecule has 0 aliphatic rings. The summed E-state index contributed by atoms with van der Waals surface area (Å²) in [6, 6.07) is 7.34. The molecule has 0 radical (unpaired) electrons. The molecule has 1 heterocycles. The molecule has 0 amide bonds. The topological polar surface area (TPSA) is 37.0 Å². The summed E-state index contributed by atoms with van der Waals surface area (Å²) < 4.78 is 0. The van der Waals surface area contributed by atoms with E-state index in [1.54, 1.807) is 6.07 Å². The molecule has 106 valence electrons. The second-order valence-electron chi connectivity index (χ2n) is 4.27. The van der Waals surface area contributed by atoms with Crippen LogP contribution in [0, 0.1) is 6.92 Å². The van der Waals surface area contributed by atoms with Crippen LogP contribution in [0.4, 0.5) is 17.3 Å². The summed E-state index contributed by atoms with van der Waals surface area (Å²) in [6.07, 6.45) is 0. The predicted octanol–water partition coefficient (Wildman–Crippen LogP) is 5.53. The van der Waals surface area contributed by atoms with Crippen molar-refractivity contribution in [1.29, 1.82) is 0 Å². The number of benzene rings is 1. The largest absolute Gasteiger partial charge is 0.369 e. The molecule has 2 aromatic rings. The molecule has 0 spiro atoms. The summed E-state index contributed by atoms with van der Waals surface area (Å²) >= 11 is 18.3. The fraction of sp³-hybridized carbons (Fsp3) is 0.214. The molecule has 20 heavy (non-hydrogen) atoms. The molecule has 0 unspecified atom stereocenters. The van der Waals surface area contributed by atoms with E-state index in [1.807, 2.05) is 32.0 Å². The minimum Gasteiger partial charge on any atom is -0.369 e. The lowest BCUT2D eigenvalue weighted by Gasteiger charge is -2.12. The molecular formula is C14H14Cl3N3. The number of pyridine rings is 1. The summed E-state index contributed by atoms with van der Waals surface area (Å²) in [5.41, 5.74) is 1.83. The minimum absolute atomic E-state index is 0.452. The van der Waals surface area contributed by atoms with E-state index < -0.39 is 0 Å². The van der Waals surface area contributed by atoms with Crippen LogP contribution >= 0.6 is 34.8 Å². The Labute approximate surface area is 133 Å². The Bertz CT molecular complexity index is 629. The summed E-state index contributed by atoms with van der Waals surface area (Å²) in [7, 11) is 0. The van der Waals surface area contributed by atoms with Crippen LogP contribution in [0.3, 0.4) is 0 Å². The number of aromatic nitrogens is 1. The summed E-state index contributed by atoms with van der Waals surface area (Å²) in [5.74, 6) is 1.13. The molecule has 6 heteroatoms. The molecule has 1 aromatic carbocycles. The number of halogens is 3. The van der Waals surface area contributed by atoms with Crippen LogP contribution in [0.15, 0.2) is 24.3 Å². The van der Waals surface area contributed by atoms with Crippen LogP contribution in [-0.4, -0.2) is 11.5 Å². The second kappa shape index (κ2) is 6.53. The van der Waals surface area contributed by atoms with Gasteiger partial charge in [0.15, 0.2) is 5.82 Å². The number of aryl methyl sites for hydroxylation is 1. The zero-order chi connectivity index (χ0) is 14.7. The molecule has 3 nitrogen and oxygen atoms in total. The highest BCUT2D eigenvalue weighted by Gasteiger charge is 2.09. The van der Waals surface area contributed by atoms with Gasteiger partial charge in [-0.25, -0.2) is 4.98 Å². The van der Waals surface area contributed by atoms with Gasteiger partial charge in [-0.05, 0) is 37.6 Å². The zero-order valence-corrected chi connectivity index (χ0v) is 13.4. The van der Waals surface area contributed by atoms with E-state index >= 15 is 0 Å². The second-order valence-corrected chi connectivity index (χ2v) is 5.49. The smallest absolute Gasteiger partial charge is 0.151 e. The van der Waals surface area contributed by atoms with Crippen LogP contribution in [-0.2, 0) is 0 Å². The highest BCUT2D eigenvalue weighted by atomic mass is 35.5. The Kier molecular flexibility index (Phi) is 4.97. The van der Waals surface area contributed by atoms with Crippen molar-refractivity contribution in [2.24, 2.45) is 0 Å². The van der Waals surface area contributed by atoms with Crippen molar-refractivity contribution < 1.29 is 0 Å². The maximum Gasteiger partial charge on any atom is 0.151 e. The van der Waals surface area contributed by atoms with Gasteiger partial charge in [-0.15, -0.1) is 0 Å². The van der Waals surface area contributed by atoms with Crippen LogP contribution in [0.2, 0.25) is 15.1 Å². The van der Waals surface area contributed by atoms with Crippen LogP contribution in [0.25, 0.3) is 0 Å². The third-order valence-corrected chi connectivity index (χ3v) is 3.69.